The van der Waals surface area contributed by atoms with E-state index in [1.54, 1.807) is 7.11 Å². The van der Waals surface area contributed by atoms with Gasteiger partial charge in [-0.05, 0) is 30.7 Å². The van der Waals surface area contributed by atoms with E-state index in [1.165, 1.54) is 12.1 Å². The highest BCUT2D eigenvalue weighted by molar-refractivity contribution is 5.95. The van der Waals surface area contributed by atoms with Gasteiger partial charge in [-0.2, -0.15) is 0 Å². The van der Waals surface area contributed by atoms with Gasteiger partial charge in [0.25, 0.3) is 0 Å². The molecule has 2 rings (SSSR count). The molecule has 1 amide bonds. The molecule has 8 heteroatoms. The summed E-state index contributed by atoms with van der Waals surface area (Å²) >= 11 is 0. The first kappa shape index (κ1) is 15.6. The molecular weight excluding hydrogens is 289 g/mol. The molecule has 5 nitrogen and oxygen atoms in total. The topological polar surface area (TPSA) is 59.6 Å². The first-order valence-electron chi connectivity index (χ1n) is 6.30. The molecule has 116 valence electrons. The van der Waals surface area contributed by atoms with E-state index in [0.29, 0.717) is 18.7 Å². The number of benzene rings is 1. The number of carbonyl (C=O) groups excluding carboxylic acids is 1. The summed E-state index contributed by atoms with van der Waals surface area (Å²) in [6, 6.07) is 4.61. The van der Waals surface area contributed by atoms with Gasteiger partial charge in [-0.3, -0.25) is 4.79 Å². The predicted octanol–water partition coefficient (Wildman–Crippen LogP) is 1.90. The van der Waals surface area contributed by atoms with Crippen LogP contribution in [0.5, 0.6) is 5.75 Å². The number of amides is 1. The summed E-state index contributed by atoms with van der Waals surface area (Å²) in [5.41, 5.74) is 0.400. The van der Waals surface area contributed by atoms with Gasteiger partial charge in [-0.1, -0.05) is 0 Å². The summed E-state index contributed by atoms with van der Waals surface area (Å²) in [5.74, 6) is -0.585. The fourth-order valence-corrected chi connectivity index (χ4v) is 2.05. The van der Waals surface area contributed by atoms with Gasteiger partial charge < -0.3 is 20.1 Å². The van der Waals surface area contributed by atoms with Crippen molar-refractivity contribution in [1.82, 2.24) is 5.32 Å². The molecule has 0 aromatic heterocycles. The first-order valence-corrected chi connectivity index (χ1v) is 6.30. The van der Waals surface area contributed by atoms with Crippen molar-refractivity contribution in [2.45, 2.75) is 24.9 Å². The zero-order valence-electron chi connectivity index (χ0n) is 11.2. The molecule has 1 aromatic carbocycles. The highest BCUT2D eigenvalue weighted by atomic mass is 19.4. The number of hydrogen-bond acceptors (Lipinski definition) is 4. The zero-order chi connectivity index (χ0) is 15.5. The van der Waals surface area contributed by atoms with E-state index in [-0.39, 0.29) is 23.8 Å². The summed E-state index contributed by atoms with van der Waals surface area (Å²) in [6.07, 6.45) is -4.19. The minimum atomic E-state index is -4.73. The van der Waals surface area contributed by atoms with Gasteiger partial charge in [0.1, 0.15) is 5.75 Å². The lowest BCUT2D eigenvalue weighted by molar-refractivity contribution is -0.274. The van der Waals surface area contributed by atoms with E-state index >= 15 is 0 Å². The van der Waals surface area contributed by atoms with Crippen LogP contribution in [0.1, 0.15) is 6.42 Å². The summed E-state index contributed by atoms with van der Waals surface area (Å²) < 4.78 is 44.9. The molecule has 2 unspecified atom stereocenters. The fraction of sp³-hybridized carbons (Fsp3) is 0.462. The van der Waals surface area contributed by atoms with Crippen molar-refractivity contribution in [3.05, 3.63) is 24.3 Å². The molecular formula is C13H15F3N2O3. The highest BCUT2D eigenvalue weighted by Gasteiger charge is 2.31. The van der Waals surface area contributed by atoms with Crippen LogP contribution < -0.4 is 15.4 Å². The Bertz CT molecular complexity index is 490. The number of rotatable bonds is 4. The van der Waals surface area contributed by atoms with E-state index < -0.39 is 6.36 Å². The SMILES string of the molecule is COC1CNC(C(=O)Nc2ccc(OC(F)(F)F)cc2)C1. The van der Waals surface area contributed by atoms with Crippen molar-refractivity contribution in [2.24, 2.45) is 0 Å². The maximum Gasteiger partial charge on any atom is 0.573 e. The number of halogens is 3. The second-order valence-electron chi connectivity index (χ2n) is 4.62. The average Bonchev–Trinajstić information content (AvgIpc) is 2.88. The number of alkyl halides is 3. The number of carbonyl (C=O) groups is 1. The van der Waals surface area contributed by atoms with Crippen LogP contribution in [0.2, 0.25) is 0 Å². The third-order valence-corrected chi connectivity index (χ3v) is 3.10. The largest absolute Gasteiger partial charge is 0.573 e. The van der Waals surface area contributed by atoms with Gasteiger partial charge in [0.15, 0.2) is 0 Å². The second kappa shape index (κ2) is 6.31. The van der Waals surface area contributed by atoms with Crippen LogP contribution in [-0.4, -0.2) is 38.1 Å². The van der Waals surface area contributed by atoms with Crippen molar-refractivity contribution < 1.29 is 27.4 Å². The summed E-state index contributed by atoms with van der Waals surface area (Å²) in [5, 5.41) is 5.63. The lowest BCUT2D eigenvalue weighted by Crippen LogP contribution is -2.35. The minimum absolute atomic E-state index is 0.0108. The average molecular weight is 304 g/mol. The molecule has 21 heavy (non-hydrogen) atoms. The predicted molar refractivity (Wildman–Crippen MR) is 69.0 cm³/mol. The van der Waals surface area contributed by atoms with Crippen LogP contribution in [0.25, 0.3) is 0 Å². The monoisotopic (exact) mass is 304 g/mol. The molecule has 0 spiro atoms. The number of nitrogens with one attached hydrogen (secondary N) is 2. The molecule has 1 aromatic rings. The highest BCUT2D eigenvalue weighted by Crippen LogP contribution is 2.24. The van der Waals surface area contributed by atoms with Crippen molar-refractivity contribution in [3.63, 3.8) is 0 Å². The molecule has 1 fully saturated rings. The summed E-state index contributed by atoms with van der Waals surface area (Å²) in [7, 11) is 1.58. The Morgan fingerprint density at radius 2 is 2.00 bits per heavy atom. The van der Waals surface area contributed by atoms with Crippen LogP contribution in [0.3, 0.4) is 0 Å². The van der Waals surface area contributed by atoms with Crippen molar-refractivity contribution in [2.75, 3.05) is 19.0 Å². The number of ether oxygens (including phenoxy) is 2. The van der Waals surface area contributed by atoms with Crippen LogP contribution in [0.4, 0.5) is 18.9 Å². The quantitative estimate of drug-likeness (QED) is 0.892. The molecule has 0 saturated carbocycles. The van der Waals surface area contributed by atoms with E-state index in [4.69, 9.17) is 4.74 Å². The Balaban J connectivity index is 1.90. The Morgan fingerprint density at radius 3 is 2.52 bits per heavy atom. The molecule has 2 atom stereocenters. The summed E-state index contributed by atoms with van der Waals surface area (Å²) in [6.45, 7) is 0.590. The van der Waals surface area contributed by atoms with Gasteiger partial charge in [-0.25, -0.2) is 0 Å². The van der Waals surface area contributed by atoms with Crippen molar-refractivity contribution in [1.29, 1.82) is 0 Å². The third kappa shape index (κ3) is 4.61. The van der Waals surface area contributed by atoms with Crippen molar-refractivity contribution >= 4 is 11.6 Å². The minimum Gasteiger partial charge on any atom is -0.406 e. The normalized spacial score (nSPS) is 22.1. The van der Waals surface area contributed by atoms with Crippen LogP contribution in [0, 0.1) is 0 Å². The molecule has 1 aliphatic heterocycles. The smallest absolute Gasteiger partial charge is 0.406 e. The maximum atomic E-state index is 12.0. The van der Waals surface area contributed by atoms with E-state index in [0.717, 1.165) is 12.1 Å². The van der Waals surface area contributed by atoms with E-state index in [1.807, 2.05) is 0 Å². The Kier molecular flexibility index (Phi) is 4.69. The van der Waals surface area contributed by atoms with E-state index in [2.05, 4.69) is 15.4 Å². The Labute approximate surface area is 119 Å². The first-order chi connectivity index (χ1) is 9.87. The summed E-state index contributed by atoms with van der Waals surface area (Å²) in [4.78, 5) is 11.9. The molecule has 0 aliphatic carbocycles. The molecule has 0 radical (unpaired) electrons. The molecule has 1 aliphatic rings. The molecule has 1 saturated heterocycles. The Hall–Kier alpha value is -1.80. The van der Waals surface area contributed by atoms with Gasteiger partial charge in [-0.15, -0.1) is 13.2 Å². The van der Waals surface area contributed by atoms with Gasteiger partial charge in [0.05, 0.1) is 12.1 Å². The third-order valence-electron chi connectivity index (χ3n) is 3.10. The lowest BCUT2D eigenvalue weighted by atomic mass is 10.2. The number of hydrogen-bond donors (Lipinski definition) is 2. The van der Waals surface area contributed by atoms with Gasteiger partial charge >= 0.3 is 6.36 Å². The number of methoxy groups -OCH3 is 1. The van der Waals surface area contributed by atoms with Crippen molar-refractivity contribution in [3.8, 4) is 5.75 Å². The second-order valence-corrected chi connectivity index (χ2v) is 4.62. The van der Waals surface area contributed by atoms with E-state index in [9.17, 15) is 18.0 Å². The van der Waals surface area contributed by atoms with Crippen LogP contribution in [-0.2, 0) is 9.53 Å². The fourth-order valence-electron chi connectivity index (χ4n) is 2.05. The standard InChI is InChI=1S/C13H15F3N2O3/c1-20-10-6-11(17-7-10)12(19)18-8-2-4-9(5-3-8)21-13(14,15)16/h2-5,10-11,17H,6-7H2,1H3,(H,18,19). The van der Waals surface area contributed by atoms with Crippen LogP contribution >= 0.6 is 0 Å². The van der Waals surface area contributed by atoms with Crippen LogP contribution in [0.15, 0.2) is 24.3 Å². The Morgan fingerprint density at radius 1 is 1.33 bits per heavy atom. The molecule has 1 heterocycles. The van der Waals surface area contributed by atoms with Gasteiger partial charge in [0, 0.05) is 19.3 Å². The number of anilines is 1. The van der Waals surface area contributed by atoms with Gasteiger partial charge in [0.2, 0.25) is 5.91 Å². The molecule has 2 N–H and O–H groups in total. The maximum absolute atomic E-state index is 12.0. The molecule has 0 bridgehead atoms. The zero-order valence-corrected chi connectivity index (χ0v) is 11.2. The lowest BCUT2D eigenvalue weighted by Gasteiger charge is -2.12.